The maximum atomic E-state index is 11.9. The first-order chi connectivity index (χ1) is 12.2. The van der Waals surface area contributed by atoms with Crippen molar-refractivity contribution in [3.8, 4) is 5.88 Å². The summed E-state index contributed by atoms with van der Waals surface area (Å²) in [4.78, 5) is 32.3. The summed E-state index contributed by atoms with van der Waals surface area (Å²) in [5.41, 5.74) is 2.20. The number of hydrogen-bond acceptors (Lipinski definition) is 6. The molecule has 7 nitrogen and oxygen atoms in total. The minimum Gasteiger partial charge on any atom is -0.481 e. The Labute approximate surface area is 144 Å². The highest BCUT2D eigenvalue weighted by Crippen LogP contribution is 2.38. The Bertz CT molecular complexity index is 828. The summed E-state index contributed by atoms with van der Waals surface area (Å²) in [5.74, 6) is 0.987. The quantitative estimate of drug-likeness (QED) is 0.923. The number of rotatable bonds is 3. The van der Waals surface area contributed by atoms with Crippen LogP contribution in [0.15, 0.2) is 24.4 Å². The van der Waals surface area contributed by atoms with Gasteiger partial charge in [-0.25, -0.2) is 9.78 Å². The Kier molecular flexibility index (Phi) is 3.99. The van der Waals surface area contributed by atoms with Crippen LogP contribution in [0.1, 0.15) is 37.4 Å². The van der Waals surface area contributed by atoms with Crippen LogP contribution in [0.3, 0.4) is 0 Å². The molecular formula is C18H19N3O4. The molecule has 0 bridgehead atoms. The second kappa shape index (κ2) is 6.31. The van der Waals surface area contributed by atoms with Gasteiger partial charge in [0.2, 0.25) is 5.88 Å². The van der Waals surface area contributed by atoms with E-state index in [1.165, 1.54) is 0 Å². The van der Waals surface area contributed by atoms with E-state index in [2.05, 4.69) is 15.3 Å². The zero-order chi connectivity index (χ0) is 17.4. The second-order valence-electron chi connectivity index (χ2n) is 6.49. The van der Waals surface area contributed by atoms with Crippen molar-refractivity contribution in [2.24, 2.45) is 5.92 Å². The largest absolute Gasteiger partial charge is 0.481 e. The molecule has 1 N–H and O–H groups in total. The molecule has 2 aliphatic rings. The van der Waals surface area contributed by atoms with Gasteiger partial charge in [-0.1, -0.05) is 0 Å². The predicted octanol–water partition coefficient (Wildman–Crippen LogP) is 2.55. The number of aromatic nitrogens is 2. The number of nitrogens with zero attached hydrogens (tertiary/aromatic N) is 2. The molecule has 4 rings (SSSR count). The number of ketones is 1. The number of methoxy groups -OCH3 is 1. The molecule has 0 radical (unpaired) electrons. The SMILES string of the molecule is COc1ccc2nccc(C3OC(=O)NC3C3CCC(=O)CC3)c2n1. The van der Waals surface area contributed by atoms with Crippen molar-refractivity contribution in [3.05, 3.63) is 30.0 Å². The van der Waals surface area contributed by atoms with Crippen LogP contribution in [-0.2, 0) is 9.53 Å². The number of cyclic esters (lactones) is 1. The number of amides is 1. The summed E-state index contributed by atoms with van der Waals surface area (Å²) in [6.07, 6.45) is 3.47. The molecule has 1 aliphatic heterocycles. The first-order valence-corrected chi connectivity index (χ1v) is 8.44. The minimum atomic E-state index is -0.448. The Morgan fingerprint density at radius 2 is 2.00 bits per heavy atom. The minimum absolute atomic E-state index is 0.167. The number of fused-ring (bicyclic) bond motifs is 1. The van der Waals surface area contributed by atoms with Gasteiger partial charge in [-0.15, -0.1) is 0 Å². The van der Waals surface area contributed by atoms with Gasteiger partial charge in [-0.2, -0.15) is 0 Å². The molecular weight excluding hydrogens is 322 g/mol. The van der Waals surface area contributed by atoms with Gasteiger partial charge in [0, 0.05) is 30.7 Å². The Morgan fingerprint density at radius 3 is 2.76 bits per heavy atom. The number of Topliss-reactive ketones (excluding diaryl/α,β-unsaturated/α-hetero) is 1. The van der Waals surface area contributed by atoms with Crippen LogP contribution in [-0.4, -0.2) is 35.0 Å². The van der Waals surface area contributed by atoms with Crippen LogP contribution >= 0.6 is 0 Å². The molecule has 1 amide bonds. The van der Waals surface area contributed by atoms with E-state index >= 15 is 0 Å². The average Bonchev–Trinajstić information content (AvgIpc) is 3.03. The summed E-state index contributed by atoms with van der Waals surface area (Å²) >= 11 is 0. The van der Waals surface area contributed by atoms with E-state index < -0.39 is 12.2 Å². The highest BCUT2D eigenvalue weighted by Gasteiger charge is 2.42. The van der Waals surface area contributed by atoms with Crippen LogP contribution in [0.4, 0.5) is 4.79 Å². The first-order valence-electron chi connectivity index (χ1n) is 8.44. The van der Waals surface area contributed by atoms with E-state index in [0.717, 1.165) is 23.9 Å². The topological polar surface area (TPSA) is 90.4 Å². The standard InChI is InChI=1S/C18H19N3O4/c1-24-14-7-6-13-16(20-14)12(8-9-19-13)17-15(21-18(23)25-17)10-2-4-11(22)5-3-10/h6-10,15,17H,2-5H2,1H3,(H,21,23). The number of carbonyl (C=O) groups is 2. The fourth-order valence-electron chi connectivity index (χ4n) is 3.75. The molecule has 2 atom stereocenters. The molecule has 2 fully saturated rings. The number of ether oxygens (including phenoxy) is 2. The van der Waals surface area contributed by atoms with Crippen molar-refractivity contribution in [1.82, 2.24) is 15.3 Å². The van der Waals surface area contributed by atoms with E-state index in [1.807, 2.05) is 12.1 Å². The lowest BCUT2D eigenvalue weighted by atomic mass is 9.80. The number of carbonyl (C=O) groups excluding carboxylic acids is 2. The number of alkyl carbamates (subject to hydrolysis) is 1. The van der Waals surface area contributed by atoms with Gasteiger partial charge in [-0.3, -0.25) is 9.78 Å². The van der Waals surface area contributed by atoms with Gasteiger partial charge in [0.1, 0.15) is 5.78 Å². The molecule has 25 heavy (non-hydrogen) atoms. The van der Waals surface area contributed by atoms with Gasteiger partial charge >= 0.3 is 6.09 Å². The molecule has 130 valence electrons. The highest BCUT2D eigenvalue weighted by molar-refractivity contribution is 5.81. The molecule has 3 heterocycles. The van der Waals surface area contributed by atoms with Gasteiger partial charge < -0.3 is 14.8 Å². The van der Waals surface area contributed by atoms with E-state index in [9.17, 15) is 9.59 Å². The zero-order valence-corrected chi connectivity index (χ0v) is 13.9. The number of nitrogens with one attached hydrogen (secondary N) is 1. The van der Waals surface area contributed by atoms with Crippen molar-refractivity contribution in [1.29, 1.82) is 0 Å². The lowest BCUT2D eigenvalue weighted by molar-refractivity contribution is -0.121. The van der Waals surface area contributed by atoms with Crippen LogP contribution in [0.5, 0.6) is 5.88 Å². The van der Waals surface area contributed by atoms with Crippen LogP contribution in [0.25, 0.3) is 11.0 Å². The molecule has 1 saturated heterocycles. The Hall–Kier alpha value is -2.70. The summed E-state index contributed by atoms with van der Waals surface area (Å²) in [7, 11) is 1.56. The molecule has 2 unspecified atom stereocenters. The summed E-state index contributed by atoms with van der Waals surface area (Å²) in [6, 6.07) is 5.26. The van der Waals surface area contributed by atoms with Crippen molar-refractivity contribution < 1.29 is 19.1 Å². The van der Waals surface area contributed by atoms with E-state index in [0.29, 0.717) is 30.0 Å². The summed E-state index contributed by atoms with van der Waals surface area (Å²) < 4.78 is 10.8. The van der Waals surface area contributed by atoms with Crippen molar-refractivity contribution in [2.75, 3.05) is 7.11 Å². The summed E-state index contributed by atoms with van der Waals surface area (Å²) in [6.45, 7) is 0. The molecule has 1 aliphatic carbocycles. The fourth-order valence-corrected chi connectivity index (χ4v) is 3.75. The van der Waals surface area contributed by atoms with Gasteiger partial charge in [0.25, 0.3) is 0 Å². The number of pyridine rings is 2. The third-order valence-corrected chi connectivity index (χ3v) is 5.05. The predicted molar refractivity (Wildman–Crippen MR) is 89.2 cm³/mol. The van der Waals surface area contributed by atoms with Gasteiger partial charge in [-0.05, 0) is 30.9 Å². The molecule has 7 heteroatoms. The van der Waals surface area contributed by atoms with Crippen molar-refractivity contribution in [3.63, 3.8) is 0 Å². The molecule has 0 spiro atoms. The third-order valence-electron chi connectivity index (χ3n) is 5.05. The van der Waals surface area contributed by atoms with Crippen molar-refractivity contribution >= 4 is 22.9 Å². The maximum Gasteiger partial charge on any atom is 0.408 e. The third kappa shape index (κ3) is 2.90. The Morgan fingerprint density at radius 1 is 1.20 bits per heavy atom. The zero-order valence-electron chi connectivity index (χ0n) is 13.9. The molecule has 0 aromatic carbocycles. The summed E-state index contributed by atoms with van der Waals surface area (Å²) in [5, 5.41) is 2.93. The van der Waals surface area contributed by atoms with Gasteiger partial charge in [0.05, 0.1) is 24.2 Å². The lowest BCUT2D eigenvalue weighted by Gasteiger charge is -2.29. The van der Waals surface area contributed by atoms with E-state index in [-0.39, 0.29) is 12.0 Å². The maximum absolute atomic E-state index is 11.9. The molecule has 2 aromatic rings. The smallest absolute Gasteiger partial charge is 0.408 e. The molecule has 1 saturated carbocycles. The van der Waals surface area contributed by atoms with Crippen molar-refractivity contribution in [2.45, 2.75) is 37.8 Å². The van der Waals surface area contributed by atoms with Crippen LogP contribution in [0.2, 0.25) is 0 Å². The lowest BCUT2D eigenvalue weighted by Crippen LogP contribution is -2.37. The second-order valence-corrected chi connectivity index (χ2v) is 6.49. The molecule has 2 aromatic heterocycles. The average molecular weight is 341 g/mol. The fraction of sp³-hybridized carbons (Fsp3) is 0.444. The van der Waals surface area contributed by atoms with E-state index in [4.69, 9.17) is 9.47 Å². The number of hydrogen-bond donors (Lipinski definition) is 1. The van der Waals surface area contributed by atoms with Crippen LogP contribution < -0.4 is 10.1 Å². The normalized spacial score (nSPS) is 24.2. The Balaban J connectivity index is 1.72. The van der Waals surface area contributed by atoms with E-state index in [1.54, 1.807) is 19.4 Å². The monoisotopic (exact) mass is 341 g/mol. The van der Waals surface area contributed by atoms with Crippen LogP contribution in [0, 0.1) is 5.92 Å². The highest BCUT2D eigenvalue weighted by atomic mass is 16.6. The van der Waals surface area contributed by atoms with Gasteiger partial charge in [0.15, 0.2) is 6.10 Å². The first kappa shape index (κ1) is 15.8.